The van der Waals surface area contributed by atoms with Crippen LogP contribution in [0.3, 0.4) is 0 Å². The van der Waals surface area contributed by atoms with Gasteiger partial charge in [0, 0.05) is 11.1 Å². The molecule has 0 fully saturated rings. The van der Waals surface area contributed by atoms with E-state index in [2.05, 4.69) is 9.97 Å². The Morgan fingerprint density at radius 1 is 1.18 bits per heavy atom. The molecule has 1 aromatic carbocycles. The highest BCUT2D eigenvalue weighted by Crippen LogP contribution is 2.26. The van der Waals surface area contributed by atoms with Gasteiger partial charge in [0.05, 0.1) is 11.7 Å². The molecule has 0 saturated heterocycles. The van der Waals surface area contributed by atoms with E-state index in [1.165, 1.54) is 11.8 Å². The summed E-state index contributed by atoms with van der Waals surface area (Å²) in [6.07, 6.45) is 3.16. The molecule has 0 radical (unpaired) electrons. The van der Waals surface area contributed by atoms with Crippen LogP contribution in [0.1, 0.15) is 0 Å². The van der Waals surface area contributed by atoms with E-state index in [0.717, 1.165) is 21.6 Å². The summed E-state index contributed by atoms with van der Waals surface area (Å²) in [6.45, 7) is 0. The zero-order chi connectivity index (χ0) is 11.7. The van der Waals surface area contributed by atoms with Crippen molar-refractivity contribution in [1.82, 2.24) is 9.97 Å². The third-order valence-electron chi connectivity index (χ3n) is 2.29. The van der Waals surface area contributed by atoms with Crippen LogP contribution in [-0.4, -0.2) is 9.97 Å². The van der Waals surface area contributed by atoms with E-state index in [1.54, 1.807) is 12.5 Å². The predicted octanol–water partition coefficient (Wildman–Crippen LogP) is 2.96. The Bertz CT molecular complexity index is 652. The molecule has 2 heterocycles. The van der Waals surface area contributed by atoms with E-state index < -0.39 is 0 Å². The first-order valence-electron chi connectivity index (χ1n) is 5.05. The molecule has 0 bridgehead atoms. The molecule has 0 aliphatic heterocycles. The number of hydrogen-bond acceptors (Lipinski definition) is 5. The minimum Gasteiger partial charge on any atom is -0.440 e. The molecule has 0 aliphatic carbocycles. The average molecular weight is 243 g/mol. The van der Waals surface area contributed by atoms with Gasteiger partial charge in [0.2, 0.25) is 0 Å². The molecule has 84 valence electrons. The highest BCUT2D eigenvalue weighted by molar-refractivity contribution is 7.99. The van der Waals surface area contributed by atoms with Crippen molar-refractivity contribution in [1.29, 1.82) is 0 Å². The van der Waals surface area contributed by atoms with E-state index in [0.29, 0.717) is 5.22 Å². The molecule has 0 amide bonds. The fraction of sp³-hybridized carbons (Fsp3) is 0. The zero-order valence-corrected chi connectivity index (χ0v) is 9.65. The zero-order valence-electron chi connectivity index (χ0n) is 8.83. The molecule has 0 spiro atoms. The maximum atomic E-state index is 5.71. The summed E-state index contributed by atoms with van der Waals surface area (Å²) < 4.78 is 5.16. The number of fused-ring (bicyclic) bond motifs is 1. The van der Waals surface area contributed by atoms with E-state index in [-0.39, 0.29) is 0 Å². The summed E-state index contributed by atoms with van der Waals surface area (Å²) in [5.74, 6) is 0. The fourth-order valence-electron chi connectivity index (χ4n) is 1.53. The third-order valence-corrected chi connectivity index (χ3v) is 3.10. The van der Waals surface area contributed by atoms with Gasteiger partial charge >= 0.3 is 0 Å². The number of aromatic nitrogens is 2. The Morgan fingerprint density at radius 3 is 2.94 bits per heavy atom. The first kappa shape index (κ1) is 10.2. The highest BCUT2D eigenvalue weighted by Gasteiger charge is 2.04. The van der Waals surface area contributed by atoms with Crippen LogP contribution < -0.4 is 5.73 Å². The Balaban J connectivity index is 1.99. The van der Waals surface area contributed by atoms with Gasteiger partial charge in [-0.1, -0.05) is 6.07 Å². The van der Waals surface area contributed by atoms with Crippen molar-refractivity contribution in [2.45, 2.75) is 10.2 Å². The first-order valence-corrected chi connectivity index (χ1v) is 5.86. The Morgan fingerprint density at radius 2 is 2.12 bits per heavy atom. The molecular weight excluding hydrogens is 234 g/mol. The summed E-state index contributed by atoms with van der Waals surface area (Å²) >= 11 is 1.39. The number of nitrogens with zero attached hydrogens (tertiary/aromatic N) is 2. The minimum absolute atomic E-state index is 0.590. The van der Waals surface area contributed by atoms with Crippen molar-refractivity contribution < 1.29 is 4.42 Å². The van der Waals surface area contributed by atoms with E-state index in [4.69, 9.17) is 10.2 Å². The van der Waals surface area contributed by atoms with Gasteiger partial charge in [-0.3, -0.25) is 0 Å². The fourth-order valence-corrected chi connectivity index (χ4v) is 2.21. The van der Waals surface area contributed by atoms with Gasteiger partial charge in [-0.25, -0.2) is 9.97 Å². The Hall–Kier alpha value is -2.01. The summed E-state index contributed by atoms with van der Waals surface area (Å²) in [4.78, 5) is 8.54. The Kier molecular flexibility index (Phi) is 2.45. The summed E-state index contributed by atoms with van der Waals surface area (Å²) in [6, 6.07) is 9.57. The largest absolute Gasteiger partial charge is 0.440 e. The van der Waals surface area contributed by atoms with Crippen molar-refractivity contribution >= 4 is 28.4 Å². The van der Waals surface area contributed by atoms with Crippen LogP contribution in [-0.2, 0) is 0 Å². The molecule has 3 rings (SSSR count). The standard InChI is InChI=1S/C12H9N3OS/c13-9-2-3-10-8(7-9)1-4-11(15-10)17-12-14-5-6-16-12/h1-7H,13H2. The van der Waals surface area contributed by atoms with Crippen molar-refractivity contribution in [3.8, 4) is 0 Å². The van der Waals surface area contributed by atoms with Crippen LogP contribution in [0.15, 0.2) is 57.5 Å². The van der Waals surface area contributed by atoms with Crippen LogP contribution >= 0.6 is 11.8 Å². The maximum absolute atomic E-state index is 5.71. The van der Waals surface area contributed by atoms with Crippen molar-refractivity contribution in [2.75, 3.05) is 5.73 Å². The second-order valence-electron chi connectivity index (χ2n) is 3.50. The second kappa shape index (κ2) is 4.10. The molecule has 0 aliphatic rings. The summed E-state index contributed by atoms with van der Waals surface area (Å²) in [5, 5.41) is 2.47. The van der Waals surface area contributed by atoms with Gasteiger partial charge in [-0.15, -0.1) is 0 Å². The first-order chi connectivity index (χ1) is 8.31. The van der Waals surface area contributed by atoms with Gasteiger partial charge in [0.25, 0.3) is 5.22 Å². The lowest BCUT2D eigenvalue weighted by atomic mass is 10.2. The minimum atomic E-state index is 0.590. The van der Waals surface area contributed by atoms with Gasteiger partial charge in [0.1, 0.15) is 11.3 Å². The molecule has 0 unspecified atom stereocenters. The Labute approximate surface area is 102 Å². The average Bonchev–Trinajstić information content (AvgIpc) is 2.82. The molecular formula is C12H9N3OS. The van der Waals surface area contributed by atoms with E-state index >= 15 is 0 Å². The molecule has 2 N–H and O–H groups in total. The summed E-state index contributed by atoms with van der Waals surface area (Å²) in [5.41, 5.74) is 7.37. The predicted molar refractivity (Wildman–Crippen MR) is 66.8 cm³/mol. The molecule has 2 aromatic heterocycles. The van der Waals surface area contributed by atoms with Gasteiger partial charge in [-0.05, 0) is 36.0 Å². The number of hydrogen-bond donors (Lipinski definition) is 1. The van der Waals surface area contributed by atoms with Crippen LogP contribution in [0.25, 0.3) is 10.9 Å². The third kappa shape index (κ3) is 2.09. The number of nitrogens with two attached hydrogens (primary N) is 1. The van der Waals surface area contributed by atoms with Crippen molar-refractivity contribution in [3.63, 3.8) is 0 Å². The normalized spacial score (nSPS) is 10.8. The van der Waals surface area contributed by atoms with Gasteiger partial charge in [0.15, 0.2) is 0 Å². The maximum Gasteiger partial charge on any atom is 0.261 e. The molecule has 3 aromatic rings. The van der Waals surface area contributed by atoms with E-state index in [1.807, 2.05) is 30.3 Å². The topological polar surface area (TPSA) is 64.9 Å². The van der Waals surface area contributed by atoms with Crippen LogP contribution in [0.2, 0.25) is 0 Å². The summed E-state index contributed by atoms with van der Waals surface area (Å²) in [7, 11) is 0. The molecule has 17 heavy (non-hydrogen) atoms. The van der Waals surface area contributed by atoms with E-state index in [9.17, 15) is 0 Å². The number of oxazole rings is 1. The molecule has 0 atom stereocenters. The SMILES string of the molecule is Nc1ccc2nc(Sc3ncco3)ccc2c1. The van der Waals surface area contributed by atoms with Gasteiger partial charge in [-0.2, -0.15) is 0 Å². The van der Waals surface area contributed by atoms with Crippen molar-refractivity contribution in [3.05, 3.63) is 42.8 Å². The highest BCUT2D eigenvalue weighted by atomic mass is 32.2. The number of nitrogen functional groups attached to an aromatic ring is 1. The molecule has 0 saturated carbocycles. The smallest absolute Gasteiger partial charge is 0.261 e. The lowest BCUT2D eigenvalue weighted by Gasteiger charge is -2.01. The van der Waals surface area contributed by atoms with Crippen LogP contribution in [0.4, 0.5) is 5.69 Å². The number of pyridine rings is 1. The van der Waals surface area contributed by atoms with Gasteiger partial charge < -0.3 is 10.2 Å². The van der Waals surface area contributed by atoms with Crippen LogP contribution in [0.5, 0.6) is 0 Å². The quantitative estimate of drug-likeness (QED) is 0.701. The molecule has 4 nitrogen and oxygen atoms in total. The van der Waals surface area contributed by atoms with Crippen molar-refractivity contribution in [2.24, 2.45) is 0 Å². The monoisotopic (exact) mass is 243 g/mol. The number of anilines is 1. The molecule has 5 heteroatoms. The van der Waals surface area contributed by atoms with Crippen LogP contribution in [0, 0.1) is 0 Å². The number of benzene rings is 1. The lowest BCUT2D eigenvalue weighted by molar-refractivity contribution is 0.454. The number of rotatable bonds is 2. The lowest BCUT2D eigenvalue weighted by Crippen LogP contribution is -1.86. The second-order valence-corrected chi connectivity index (χ2v) is 4.47.